The molecule has 1 N–H and O–H groups in total. The van der Waals surface area contributed by atoms with Crippen molar-refractivity contribution < 1.29 is 5.11 Å². The lowest BCUT2D eigenvalue weighted by atomic mass is 10.1. The standard InChI is InChI=1S/C7H8Cl2OS/c1-7(2,10)5-3-4(8)6(9)11-5/h3,10H,1-2H3. The smallest absolute Gasteiger partial charge is 0.112 e. The molecule has 0 spiro atoms. The monoisotopic (exact) mass is 210 g/mol. The molecule has 0 amide bonds. The molecular weight excluding hydrogens is 203 g/mol. The summed E-state index contributed by atoms with van der Waals surface area (Å²) in [4.78, 5) is 0.785. The Bertz CT molecular complexity index is 242. The Morgan fingerprint density at radius 3 is 2.18 bits per heavy atom. The summed E-state index contributed by atoms with van der Waals surface area (Å²) >= 11 is 12.7. The van der Waals surface area contributed by atoms with Gasteiger partial charge in [0, 0.05) is 4.88 Å². The van der Waals surface area contributed by atoms with E-state index in [4.69, 9.17) is 23.2 Å². The Balaban J connectivity index is 3.08. The van der Waals surface area contributed by atoms with Gasteiger partial charge in [0.15, 0.2) is 0 Å². The van der Waals surface area contributed by atoms with Crippen molar-refractivity contribution in [2.75, 3.05) is 0 Å². The van der Waals surface area contributed by atoms with Crippen molar-refractivity contribution in [3.63, 3.8) is 0 Å². The Morgan fingerprint density at radius 2 is 2.00 bits per heavy atom. The molecule has 0 unspecified atom stereocenters. The highest BCUT2D eigenvalue weighted by Gasteiger charge is 2.19. The molecule has 11 heavy (non-hydrogen) atoms. The molecule has 0 radical (unpaired) electrons. The lowest BCUT2D eigenvalue weighted by Gasteiger charge is -2.13. The van der Waals surface area contributed by atoms with Crippen molar-refractivity contribution in [2.45, 2.75) is 19.4 Å². The number of hydrogen-bond acceptors (Lipinski definition) is 2. The van der Waals surface area contributed by atoms with E-state index in [-0.39, 0.29) is 0 Å². The van der Waals surface area contributed by atoms with Crippen LogP contribution in [0.25, 0.3) is 0 Å². The minimum absolute atomic E-state index is 0.508. The molecule has 0 bridgehead atoms. The molecule has 0 fully saturated rings. The number of halogens is 2. The quantitative estimate of drug-likeness (QED) is 0.755. The molecule has 0 aliphatic rings. The minimum atomic E-state index is -0.846. The van der Waals surface area contributed by atoms with E-state index in [0.717, 1.165) is 4.88 Å². The van der Waals surface area contributed by atoms with E-state index < -0.39 is 5.60 Å². The van der Waals surface area contributed by atoms with Gasteiger partial charge in [-0.2, -0.15) is 0 Å². The Morgan fingerprint density at radius 1 is 1.45 bits per heavy atom. The van der Waals surface area contributed by atoms with Crippen LogP contribution in [0, 0.1) is 0 Å². The average molecular weight is 211 g/mol. The largest absolute Gasteiger partial charge is 0.385 e. The first-order valence-corrected chi connectivity index (χ1v) is 4.66. The lowest BCUT2D eigenvalue weighted by Crippen LogP contribution is -2.12. The fourth-order valence-corrected chi connectivity index (χ4v) is 2.02. The first-order valence-electron chi connectivity index (χ1n) is 3.09. The Kier molecular flexibility index (Phi) is 2.49. The molecule has 1 aromatic rings. The summed E-state index contributed by atoms with van der Waals surface area (Å²) in [6.07, 6.45) is 0. The summed E-state index contributed by atoms with van der Waals surface area (Å²) in [5.74, 6) is 0. The van der Waals surface area contributed by atoms with Gasteiger partial charge in [-0.15, -0.1) is 11.3 Å². The molecule has 0 saturated carbocycles. The fourth-order valence-electron chi connectivity index (χ4n) is 0.648. The summed E-state index contributed by atoms with van der Waals surface area (Å²) in [7, 11) is 0. The zero-order valence-corrected chi connectivity index (χ0v) is 8.52. The zero-order chi connectivity index (χ0) is 8.65. The summed E-state index contributed by atoms with van der Waals surface area (Å²) in [5, 5.41) is 10.0. The summed E-state index contributed by atoms with van der Waals surface area (Å²) in [6.45, 7) is 3.40. The maximum Gasteiger partial charge on any atom is 0.112 e. The number of hydrogen-bond donors (Lipinski definition) is 1. The SMILES string of the molecule is CC(C)(O)c1cc(Cl)c(Cl)s1. The van der Waals surface area contributed by atoms with Crippen LogP contribution in [0.15, 0.2) is 6.07 Å². The summed E-state index contributed by atoms with van der Waals surface area (Å²) in [5.41, 5.74) is -0.846. The molecule has 0 atom stereocenters. The maximum atomic E-state index is 9.52. The maximum absolute atomic E-state index is 9.52. The third-order valence-corrected chi connectivity index (χ3v) is 3.43. The van der Waals surface area contributed by atoms with Crippen molar-refractivity contribution in [3.8, 4) is 0 Å². The molecule has 4 heteroatoms. The molecule has 0 aliphatic carbocycles. The normalized spacial score (nSPS) is 12.1. The van der Waals surface area contributed by atoms with Gasteiger partial charge in [0.2, 0.25) is 0 Å². The van der Waals surface area contributed by atoms with Gasteiger partial charge in [-0.25, -0.2) is 0 Å². The molecule has 1 heterocycles. The van der Waals surface area contributed by atoms with E-state index in [1.165, 1.54) is 11.3 Å². The third kappa shape index (κ3) is 2.09. The van der Waals surface area contributed by atoms with Gasteiger partial charge in [-0.05, 0) is 19.9 Å². The molecule has 1 rings (SSSR count). The molecule has 0 aliphatic heterocycles. The molecule has 62 valence electrons. The van der Waals surface area contributed by atoms with Crippen LogP contribution in [-0.4, -0.2) is 5.11 Å². The van der Waals surface area contributed by atoms with Gasteiger partial charge in [0.1, 0.15) is 4.34 Å². The summed E-state index contributed by atoms with van der Waals surface area (Å²) in [6, 6.07) is 1.69. The molecule has 0 saturated heterocycles. The van der Waals surface area contributed by atoms with Crippen molar-refractivity contribution in [1.82, 2.24) is 0 Å². The number of rotatable bonds is 1. The van der Waals surface area contributed by atoms with Crippen LogP contribution in [0.2, 0.25) is 9.36 Å². The van der Waals surface area contributed by atoms with Crippen LogP contribution in [0.5, 0.6) is 0 Å². The van der Waals surface area contributed by atoms with Crippen molar-refractivity contribution in [2.24, 2.45) is 0 Å². The van der Waals surface area contributed by atoms with E-state index >= 15 is 0 Å². The van der Waals surface area contributed by atoms with Gasteiger partial charge in [0.25, 0.3) is 0 Å². The van der Waals surface area contributed by atoms with E-state index in [2.05, 4.69) is 0 Å². The summed E-state index contributed by atoms with van der Waals surface area (Å²) < 4.78 is 0.531. The number of aliphatic hydroxyl groups is 1. The van der Waals surface area contributed by atoms with Crippen LogP contribution in [0.1, 0.15) is 18.7 Å². The van der Waals surface area contributed by atoms with Gasteiger partial charge < -0.3 is 5.11 Å². The van der Waals surface area contributed by atoms with Crippen molar-refractivity contribution in [1.29, 1.82) is 0 Å². The van der Waals surface area contributed by atoms with Crippen LogP contribution in [0.3, 0.4) is 0 Å². The molecule has 1 nitrogen and oxygen atoms in total. The molecule has 0 aromatic carbocycles. The lowest BCUT2D eigenvalue weighted by molar-refractivity contribution is 0.0826. The average Bonchev–Trinajstić information content (AvgIpc) is 2.11. The predicted molar refractivity (Wildman–Crippen MR) is 49.6 cm³/mol. The van der Waals surface area contributed by atoms with Gasteiger partial charge in [-0.3, -0.25) is 0 Å². The van der Waals surface area contributed by atoms with Gasteiger partial charge in [-0.1, -0.05) is 23.2 Å². The zero-order valence-electron chi connectivity index (χ0n) is 6.19. The highest BCUT2D eigenvalue weighted by Crippen LogP contribution is 2.36. The van der Waals surface area contributed by atoms with Gasteiger partial charge >= 0.3 is 0 Å². The highest BCUT2D eigenvalue weighted by atomic mass is 35.5. The molecular formula is C7H8Cl2OS. The topological polar surface area (TPSA) is 20.2 Å². The second kappa shape index (κ2) is 2.94. The Hall–Kier alpha value is 0.240. The van der Waals surface area contributed by atoms with E-state index in [0.29, 0.717) is 9.36 Å². The number of thiophene rings is 1. The van der Waals surface area contributed by atoms with E-state index in [9.17, 15) is 5.11 Å². The first-order chi connectivity index (χ1) is 4.91. The van der Waals surface area contributed by atoms with Crippen LogP contribution in [0.4, 0.5) is 0 Å². The minimum Gasteiger partial charge on any atom is -0.385 e. The van der Waals surface area contributed by atoms with Gasteiger partial charge in [0.05, 0.1) is 10.6 Å². The molecule has 1 aromatic heterocycles. The third-order valence-electron chi connectivity index (χ3n) is 1.25. The van der Waals surface area contributed by atoms with E-state index in [1.807, 2.05) is 0 Å². The second-order valence-electron chi connectivity index (χ2n) is 2.79. The van der Waals surface area contributed by atoms with E-state index in [1.54, 1.807) is 19.9 Å². The van der Waals surface area contributed by atoms with Crippen LogP contribution in [-0.2, 0) is 5.60 Å². The Labute approximate surface area is 79.6 Å². The van der Waals surface area contributed by atoms with Crippen LogP contribution >= 0.6 is 34.5 Å². The van der Waals surface area contributed by atoms with Crippen LogP contribution < -0.4 is 0 Å². The highest BCUT2D eigenvalue weighted by molar-refractivity contribution is 7.17. The first kappa shape index (κ1) is 9.33. The second-order valence-corrected chi connectivity index (χ2v) is 4.85. The van der Waals surface area contributed by atoms with Crippen molar-refractivity contribution in [3.05, 3.63) is 20.3 Å². The fraction of sp³-hybridized carbons (Fsp3) is 0.429. The predicted octanol–water partition coefficient (Wildman–Crippen LogP) is 3.28. The van der Waals surface area contributed by atoms with Crippen molar-refractivity contribution >= 4 is 34.5 Å².